The number of amides is 1. The molecule has 1 aromatic heterocycles. The Balaban J connectivity index is 1.80. The Kier molecular flexibility index (Phi) is 2.78. The number of nitriles is 1. The van der Waals surface area contributed by atoms with Gasteiger partial charge in [0.05, 0.1) is 17.3 Å². The van der Waals surface area contributed by atoms with E-state index >= 15 is 0 Å². The molecular weight excluding hydrogens is 292 g/mol. The SMILES string of the molecule is N#Cc1ccc(NC2=C(C(N)=O)NNc3[nH]ccc32)c2c1CC2. The number of aromatic amines is 1. The molecule has 6 N–H and O–H groups in total. The smallest absolute Gasteiger partial charge is 0.268 e. The predicted molar refractivity (Wildman–Crippen MR) is 85.9 cm³/mol. The molecular formula is C16H14N6O. The van der Waals surface area contributed by atoms with Crippen LogP contribution in [0.1, 0.15) is 22.3 Å². The number of hydrogen-bond donors (Lipinski definition) is 5. The molecule has 0 spiro atoms. The predicted octanol–water partition coefficient (Wildman–Crippen LogP) is 1.18. The maximum atomic E-state index is 11.7. The fourth-order valence-electron chi connectivity index (χ4n) is 3.01. The first-order chi connectivity index (χ1) is 11.2. The van der Waals surface area contributed by atoms with Gasteiger partial charge in [-0.2, -0.15) is 5.26 Å². The largest absolute Gasteiger partial charge is 0.364 e. The zero-order chi connectivity index (χ0) is 16.0. The van der Waals surface area contributed by atoms with Crippen LogP contribution in [0.15, 0.2) is 30.1 Å². The standard InChI is InChI=1S/C16H14N6O/c17-7-8-1-4-12(10-3-2-9(8)10)20-13-11-5-6-19-16(11)22-21-14(13)15(18)23/h1,4-6,19-22H,2-3H2,(H2,18,23). The number of hydrogen-bond acceptors (Lipinski definition) is 5. The Bertz CT molecular complexity index is 902. The molecule has 4 rings (SSSR count). The average molecular weight is 306 g/mol. The van der Waals surface area contributed by atoms with Crippen molar-refractivity contribution >= 4 is 23.1 Å². The van der Waals surface area contributed by atoms with Gasteiger partial charge in [-0.3, -0.25) is 15.6 Å². The first-order valence-corrected chi connectivity index (χ1v) is 7.24. The topological polar surface area (TPSA) is 119 Å². The second-order valence-corrected chi connectivity index (χ2v) is 5.49. The highest BCUT2D eigenvalue weighted by Gasteiger charge is 2.26. The summed E-state index contributed by atoms with van der Waals surface area (Å²) in [6.07, 6.45) is 3.60. The van der Waals surface area contributed by atoms with Crippen molar-refractivity contribution in [2.24, 2.45) is 5.73 Å². The number of nitrogens with zero attached hydrogens (tertiary/aromatic N) is 1. The van der Waals surface area contributed by atoms with Crippen LogP contribution in [0.2, 0.25) is 0 Å². The van der Waals surface area contributed by atoms with Crippen molar-refractivity contribution in [2.75, 3.05) is 10.7 Å². The van der Waals surface area contributed by atoms with Crippen LogP contribution in [-0.4, -0.2) is 10.9 Å². The van der Waals surface area contributed by atoms with Gasteiger partial charge in [0, 0.05) is 17.4 Å². The quantitative estimate of drug-likeness (QED) is 0.583. The van der Waals surface area contributed by atoms with Gasteiger partial charge in [-0.05, 0) is 42.2 Å². The van der Waals surface area contributed by atoms with Gasteiger partial charge in [0.2, 0.25) is 0 Å². The Hall–Kier alpha value is -3.40. The van der Waals surface area contributed by atoms with Gasteiger partial charge >= 0.3 is 0 Å². The summed E-state index contributed by atoms with van der Waals surface area (Å²) in [6.45, 7) is 0. The van der Waals surface area contributed by atoms with Crippen molar-refractivity contribution < 1.29 is 4.79 Å². The Labute approximate surface area is 132 Å². The number of carbonyl (C=O) groups excluding carboxylic acids is 1. The summed E-state index contributed by atoms with van der Waals surface area (Å²) in [6, 6.07) is 7.76. The number of hydrazine groups is 1. The van der Waals surface area contributed by atoms with E-state index in [1.807, 2.05) is 12.1 Å². The molecule has 7 heteroatoms. The molecule has 0 fully saturated rings. The maximum Gasteiger partial charge on any atom is 0.268 e. The van der Waals surface area contributed by atoms with Crippen molar-refractivity contribution in [3.63, 3.8) is 0 Å². The molecule has 1 aliphatic carbocycles. The number of carbonyl (C=O) groups is 1. The first kappa shape index (κ1) is 13.3. The van der Waals surface area contributed by atoms with Crippen LogP contribution in [0.3, 0.4) is 0 Å². The normalized spacial score (nSPS) is 14.6. The van der Waals surface area contributed by atoms with Crippen LogP contribution in [0.5, 0.6) is 0 Å². The Morgan fingerprint density at radius 2 is 2.04 bits per heavy atom. The fourth-order valence-corrected chi connectivity index (χ4v) is 3.01. The lowest BCUT2D eigenvalue weighted by molar-refractivity contribution is -0.114. The molecule has 2 heterocycles. The molecule has 1 aromatic carbocycles. The van der Waals surface area contributed by atoms with Gasteiger partial charge in [-0.25, -0.2) is 0 Å². The van der Waals surface area contributed by atoms with Crippen molar-refractivity contribution in [2.45, 2.75) is 12.8 Å². The van der Waals surface area contributed by atoms with Crippen molar-refractivity contribution in [3.05, 3.63) is 52.3 Å². The van der Waals surface area contributed by atoms with Crippen LogP contribution in [0.4, 0.5) is 11.5 Å². The summed E-state index contributed by atoms with van der Waals surface area (Å²) in [7, 11) is 0. The van der Waals surface area contributed by atoms with E-state index in [4.69, 9.17) is 11.0 Å². The van der Waals surface area contributed by atoms with Crippen LogP contribution in [-0.2, 0) is 17.6 Å². The lowest BCUT2D eigenvalue weighted by atomic mass is 9.83. The third-order valence-electron chi connectivity index (χ3n) is 4.26. The molecule has 2 aromatic rings. The van der Waals surface area contributed by atoms with Crippen LogP contribution in [0.25, 0.3) is 5.70 Å². The lowest BCUT2D eigenvalue weighted by Gasteiger charge is -2.27. The van der Waals surface area contributed by atoms with E-state index < -0.39 is 5.91 Å². The molecule has 0 saturated carbocycles. The number of benzene rings is 1. The number of nitrogens with one attached hydrogen (secondary N) is 4. The van der Waals surface area contributed by atoms with E-state index in [0.29, 0.717) is 11.3 Å². The van der Waals surface area contributed by atoms with E-state index in [1.54, 1.807) is 12.3 Å². The van der Waals surface area contributed by atoms with Gasteiger partial charge in [0.15, 0.2) is 0 Å². The number of aromatic nitrogens is 1. The molecule has 0 saturated heterocycles. The van der Waals surface area contributed by atoms with E-state index in [1.165, 1.54) is 0 Å². The number of H-pyrrole nitrogens is 1. The highest BCUT2D eigenvalue weighted by Crippen LogP contribution is 2.36. The molecule has 23 heavy (non-hydrogen) atoms. The molecule has 1 aliphatic heterocycles. The van der Waals surface area contributed by atoms with E-state index in [-0.39, 0.29) is 5.70 Å². The van der Waals surface area contributed by atoms with Crippen LogP contribution >= 0.6 is 0 Å². The van der Waals surface area contributed by atoms with Crippen molar-refractivity contribution in [1.82, 2.24) is 10.4 Å². The summed E-state index contributed by atoms with van der Waals surface area (Å²) < 4.78 is 0. The highest BCUT2D eigenvalue weighted by molar-refractivity contribution is 6.04. The van der Waals surface area contributed by atoms with Crippen LogP contribution < -0.4 is 21.9 Å². The van der Waals surface area contributed by atoms with Gasteiger partial charge in [0.25, 0.3) is 5.91 Å². The minimum atomic E-state index is -0.556. The third-order valence-corrected chi connectivity index (χ3v) is 4.26. The molecule has 1 amide bonds. The van der Waals surface area contributed by atoms with Gasteiger partial charge < -0.3 is 16.0 Å². The van der Waals surface area contributed by atoms with Crippen molar-refractivity contribution in [3.8, 4) is 6.07 Å². The van der Waals surface area contributed by atoms with E-state index in [2.05, 4.69) is 27.2 Å². The molecule has 0 atom stereocenters. The van der Waals surface area contributed by atoms with Gasteiger partial charge in [0.1, 0.15) is 11.5 Å². The Morgan fingerprint density at radius 3 is 2.74 bits per heavy atom. The minimum Gasteiger partial charge on any atom is -0.364 e. The lowest BCUT2D eigenvalue weighted by Crippen LogP contribution is -2.36. The summed E-state index contributed by atoms with van der Waals surface area (Å²) >= 11 is 0. The van der Waals surface area contributed by atoms with Crippen LogP contribution in [0, 0.1) is 11.3 Å². The molecule has 0 unspecified atom stereocenters. The summed E-state index contributed by atoms with van der Waals surface area (Å²) in [5.74, 6) is 0.198. The maximum absolute atomic E-state index is 11.7. The second-order valence-electron chi connectivity index (χ2n) is 5.49. The van der Waals surface area contributed by atoms with E-state index in [0.717, 1.165) is 41.0 Å². The average Bonchev–Trinajstić information content (AvgIpc) is 2.97. The molecule has 0 radical (unpaired) electrons. The molecule has 114 valence electrons. The second kappa shape index (κ2) is 4.81. The third kappa shape index (κ3) is 1.92. The fraction of sp³-hybridized carbons (Fsp3) is 0.125. The monoisotopic (exact) mass is 306 g/mol. The summed E-state index contributed by atoms with van der Waals surface area (Å²) in [5.41, 5.74) is 16.7. The van der Waals surface area contributed by atoms with Crippen molar-refractivity contribution in [1.29, 1.82) is 5.26 Å². The summed E-state index contributed by atoms with van der Waals surface area (Å²) in [5, 5.41) is 12.5. The number of nitrogens with two attached hydrogens (primary N) is 1. The molecule has 2 aliphatic rings. The Morgan fingerprint density at radius 1 is 1.22 bits per heavy atom. The zero-order valence-corrected chi connectivity index (χ0v) is 12.2. The van der Waals surface area contributed by atoms with E-state index in [9.17, 15) is 4.79 Å². The minimum absolute atomic E-state index is 0.273. The number of anilines is 2. The highest BCUT2D eigenvalue weighted by atomic mass is 16.1. The molecule has 7 nitrogen and oxygen atoms in total. The number of rotatable bonds is 3. The number of fused-ring (bicyclic) bond motifs is 2. The number of primary amides is 1. The summed E-state index contributed by atoms with van der Waals surface area (Å²) in [4.78, 5) is 14.8. The van der Waals surface area contributed by atoms with Gasteiger partial charge in [-0.1, -0.05) is 0 Å². The molecule has 0 bridgehead atoms. The zero-order valence-electron chi connectivity index (χ0n) is 12.2. The first-order valence-electron chi connectivity index (χ1n) is 7.24. The van der Waals surface area contributed by atoms with Gasteiger partial charge in [-0.15, -0.1) is 0 Å².